The quantitative estimate of drug-likeness (QED) is 0.819. The molecule has 2 fully saturated rings. The van der Waals surface area contributed by atoms with Gasteiger partial charge in [0.2, 0.25) is 0 Å². The highest BCUT2D eigenvalue weighted by Gasteiger charge is 2.42. The highest BCUT2D eigenvalue weighted by atomic mass is 32.2. The second-order valence-electron chi connectivity index (χ2n) is 7.12. The SMILES string of the molecule is CSC1(CNC2CCC(NC(=O)OC(C)(C)C)C2)CC1. The number of ether oxygens (including phenoxy) is 1. The summed E-state index contributed by atoms with van der Waals surface area (Å²) in [5, 5.41) is 6.66. The molecule has 0 bridgehead atoms. The number of carbonyl (C=O) groups is 1. The summed E-state index contributed by atoms with van der Waals surface area (Å²) in [6.07, 6.45) is 7.81. The third kappa shape index (κ3) is 4.85. The van der Waals surface area contributed by atoms with E-state index in [1.807, 2.05) is 32.5 Å². The second-order valence-corrected chi connectivity index (χ2v) is 8.40. The zero-order chi connectivity index (χ0) is 14.8. The molecule has 2 saturated carbocycles. The van der Waals surface area contributed by atoms with Gasteiger partial charge in [0.15, 0.2) is 0 Å². The predicted octanol–water partition coefficient (Wildman–Crippen LogP) is 2.92. The van der Waals surface area contributed by atoms with Crippen LogP contribution in [0.2, 0.25) is 0 Å². The molecule has 0 aromatic rings. The van der Waals surface area contributed by atoms with Crippen molar-refractivity contribution in [2.24, 2.45) is 0 Å². The van der Waals surface area contributed by atoms with Crippen LogP contribution in [0.3, 0.4) is 0 Å². The fraction of sp³-hybridized carbons (Fsp3) is 0.933. The second kappa shape index (κ2) is 6.14. The van der Waals surface area contributed by atoms with E-state index in [1.54, 1.807) is 0 Å². The van der Waals surface area contributed by atoms with E-state index in [1.165, 1.54) is 12.8 Å². The van der Waals surface area contributed by atoms with Crippen molar-refractivity contribution >= 4 is 17.9 Å². The molecule has 0 radical (unpaired) electrons. The van der Waals surface area contributed by atoms with E-state index in [2.05, 4.69) is 16.9 Å². The summed E-state index contributed by atoms with van der Waals surface area (Å²) in [5.41, 5.74) is -0.420. The van der Waals surface area contributed by atoms with Gasteiger partial charge in [0.25, 0.3) is 0 Å². The Morgan fingerprint density at radius 2 is 1.95 bits per heavy atom. The molecule has 2 rings (SSSR count). The number of amides is 1. The van der Waals surface area contributed by atoms with Crippen LogP contribution in [0.1, 0.15) is 52.9 Å². The molecule has 2 atom stereocenters. The first kappa shape index (κ1) is 16.0. The third-order valence-corrected chi connectivity index (χ3v) is 5.53. The molecule has 2 aliphatic rings. The molecule has 0 saturated heterocycles. The first-order valence-electron chi connectivity index (χ1n) is 7.60. The molecule has 4 nitrogen and oxygen atoms in total. The van der Waals surface area contributed by atoms with Crippen LogP contribution in [-0.2, 0) is 4.74 Å². The van der Waals surface area contributed by atoms with Crippen molar-refractivity contribution in [3.63, 3.8) is 0 Å². The van der Waals surface area contributed by atoms with Gasteiger partial charge in [-0.1, -0.05) is 0 Å². The fourth-order valence-electron chi connectivity index (χ4n) is 2.70. The number of alkyl carbamates (subject to hydrolysis) is 1. The molecular weight excluding hydrogens is 272 g/mol. The molecule has 20 heavy (non-hydrogen) atoms. The topological polar surface area (TPSA) is 50.4 Å². The molecule has 0 aromatic carbocycles. The van der Waals surface area contributed by atoms with Crippen LogP contribution < -0.4 is 10.6 Å². The summed E-state index contributed by atoms with van der Waals surface area (Å²) in [5.74, 6) is 0. The van der Waals surface area contributed by atoms with Crippen molar-refractivity contribution in [2.45, 2.75) is 75.3 Å². The molecule has 2 unspecified atom stereocenters. The van der Waals surface area contributed by atoms with Crippen molar-refractivity contribution in [3.8, 4) is 0 Å². The van der Waals surface area contributed by atoms with Gasteiger partial charge in [0.05, 0.1) is 0 Å². The lowest BCUT2D eigenvalue weighted by Crippen LogP contribution is -2.39. The van der Waals surface area contributed by atoms with Crippen LogP contribution in [-0.4, -0.2) is 41.3 Å². The number of rotatable bonds is 5. The lowest BCUT2D eigenvalue weighted by atomic mass is 10.2. The Kier molecular flexibility index (Phi) is 4.90. The lowest BCUT2D eigenvalue weighted by Gasteiger charge is -2.22. The first-order valence-corrected chi connectivity index (χ1v) is 8.82. The zero-order valence-electron chi connectivity index (χ0n) is 13.1. The summed E-state index contributed by atoms with van der Waals surface area (Å²) in [4.78, 5) is 11.7. The minimum atomic E-state index is -0.420. The minimum Gasteiger partial charge on any atom is -0.444 e. The van der Waals surface area contributed by atoms with E-state index in [9.17, 15) is 4.79 Å². The van der Waals surface area contributed by atoms with Crippen molar-refractivity contribution in [2.75, 3.05) is 12.8 Å². The Morgan fingerprint density at radius 1 is 1.30 bits per heavy atom. The van der Waals surface area contributed by atoms with E-state index in [4.69, 9.17) is 4.74 Å². The van der Waals surface area contributed by atoms with Gasteiger partial charge < -0.3 is 15.4 Å². The molecule has 0 spiro atoms. The van der Waals surface area contributed by atoms with Crippen molar-refractivity contribution in [1.29, 1.82) is 0 Å². The van der Waals surface area contributed by atoms with Gasteiger partial charge in [0, 0.05) is 23.4 Å². The van der Waals surface area contributed by atoms with Crippen molar-refractivity contribution < 1.29 is 9.53 Å². The molecule has 2 aliphatic carbocycles. The zero-order valence-corrected chi connectivity index (χ0v) is 13.9. The van der Waals surface area contributed by atoms with Gasteiger partial charge in [-0.15, -0.1) is 0 Å². The Labute approximate surface area is 126 Å². The highest BCUT2D eigenvalue weighted by molar-refractivity contribution is 8.00. The van der Waals surface area contributed by atoms with Crippen LogP contribution in [0.4, 0.5) is 4.79 Å². The maximum Gasteiger partial charge on any atom is 0.407 e. The summed E-state index contributed by atoms with van der Waals surface area (Å²) >= 11 is 1.99. The minimum absolute atomic E-state index is 0.256. The normalized spacial score (nSPS) is 28.2. The fourth-order valence-corrected chi connectivity index (χ4v) is 3.43. The third-order valence-electron chi connectivity index (χ3n) is 4.11. The first-order chi connectivity index (χ1) is 9.32. The molecule has 0 aromatic heterocycles. The average molecular weight is 300 g/mol. The van der Waals surface area contributed by atoms with Gasteiger partial charge in [0.1, 0.15) is 5.60 Å². The number of hydrogen-bond donors (Lipinski definition) is 2. The molecule has 5 heteroatoms. The van der Waals surface area contributed by atoms with Gasteiger partial charge in [-0.2, -0.15) is 11.8 Å². The number of nitrogens with one attached hydrogen (secondary N) is 2. The molecule has 0 heterocycles. The van der Waals surface area contributed by atoms with E-state index in [0.29, 0.717) is 10.8 Å². The van der Waals surface area contributed by atoms with Crippen LogP contribution in [0.5, 0.6) is 0 Å². The molecular formula is C15H28N2O2S. The Hall–Kier alpha value is -0.420. The molecule has 2 N–H and O–H groups in total. The number of carbonyl (C=O) groups excluding carboxylic acids is 1. The van der Waals surface area contributed by atoms with E-state index in [0.717, 1.165) is 25.8 Å². The predicted molar refractivity (Wildman–Crippen MR) is 84.3 cm³/mol. The van der Waals surface area contributed by atoms with Crippen LogP contribution in [0.15, 0.2) is 0 Å². The van der Waals surface area contributed by atoms with Gasteiger partial charge in [-0.25, -0.2) is 4.79 Å². The molecule has 116 valence electrons. The maximum absolute atomic E-state index is 11.7. The van der Waals surface area contributed by atoms with Crippen molar-refractivity contribution in [3.05, 3.63) is 0 Å². The highest BCUT2D eigenvalue weighted by Crippen LogP contribution is 2.46. The van der Waals surface area contributed by atoms with E-state index in [-0.39, 0.29) is 12.1 Å². The summed E-state index contributed by atoms with van der Waals surface area (Å²) in [6, 6.07) is 0.798. The summed E-state index contributed by atoms with van der Waals surface area (Å²) < 4.78 is 5.81. The average Bonchev–Trinajstić information content (AvgIpc) is 2.99. The van der Waals surface area contributed by atoms with Crippen LogP contribution in [0, 0.1) is 0 Å². The number of hydrogen-bond acceptors (Lipinski definition) is 4. The smallest absolute Gasteiger partial charge is 0.407 e. The van der Waals surface area contributed by atoms with Gasteiger partial charge >= 0.3 is 6.09 Å². The number of thioether (sulfide) groups is 1. The van der Waals surface area contributed by atoms with Crippen molar-refractivity contribution in [1.82, 2.24) is 10.6 Å². The molecule has 0 aliphatic heterocycles. The molecule has 1 amide bonds. The standard InChI is InChI=1S/C15H28N2O2S/c1-14(2,3)19-13(18)17-12-6-5-11(9-12)16-10-15(20-4)7-8-15/h11-12,16H,5-10H2,1-4H3,(H,17,18). The Bertz CT molecular complexity index is 350. The van der Waals surface area contributed by atoms with Crippen LogP contribution >= 0.6 is 11.8 Å². The largest absolute Gasteiger partial charge is 0.444 e. The van der Waals surface area contributed by atoms with E-state index >= 15 is 0 Å². The summed E-state index contributed by atoms with van der Waals surface area (Å²) in [6.45, 7) is 6.78. The van der Waals surface area contributed by atoms with Gasteiger partial charge in [-0.05, 0) is 59.1 Å². The van der Waals surface area contributed by atoms with E-state index < -0.39 is 5.60 Å². The maximum atomic E-state index is 11.7. The monoisotopic (exact) mass is 300 g/mol. The van der Waals surface area contributed by atoms with Gasteiger partial charge in [-0.3, -0.25) is 0 Å². The van der Waals surface area contributed by atoms with Crippen LogP contribution in [0.25, 0.3) is 0 Å². The lowest BCUT2D eigenvalue weighted by molar-refractivity contribution is 0.0505. The Morgan fingerprint density at radius 3 is 2.50 bits per heavy atom. The Balaban J connectivity index is 1.66. The summed E-state index contributed by atoms with van der Waals surface area (Å²) in [7, 11) is 0.